The molecular formula is C12H14BrCl2FN2O. The molecule has 1 amide bonds. The Kier molecular flexibility index (Phi) is 6.05. The Bertz CT molecular complexity index is 487. The number of nitrogens with zero attached hydrogens (tertiary/aromatic N) is 1. The van der Waals surface area contributed by atoms with Crippen molar-refractivity contribution in [1.29, 1.82) is 0 Å². The van der Waals surface area contributed by atoms with Crippen LogP contribution in [0.2, 0.25) is 5.02 Å². The predicted octanol–water partition coefficient (Wildman–Crippen LogP) is 3.23. The van der Waals surface area contributed by atoms with Crippen LogP contribution in [0.25, 0.3) is 0 Å². The van der Waals surface area contributed by atoms with Crippen molar-refractivity contribution in [3.63, 3.8) is 0 Å². The van der Waals surface area contributed by atoms with Gasteiger partial charge in [0.25, 0.3) is 5.91 Å². The molecule has 7 heteroatoms. The Hall–Kier alpha value is -0.360. The summed E-state index contributed by atoms with van der Waals surface area (Å²) in [7, 11) is 0. The predicted molar refractivity (Wildman–Crippen MR) is 79.5 cm³/mol. The summed E-state index contributed by atoms with van der Waals surface area (Å²) in [6, 6.07) is 2.53. The minimum atomic E-state index is -0.604. The van der Waals surface area contributed by atoms with Crippen molar-refractivity contribution in [3.8, 4) is 0 Å². The lowest BCUT2D eigenvalue weighted by Gasteiger charge is -2.31. The molecule has 0 saturated carbocycles. The number of carbonyl (C=O) groups excluding carboxylic acids is 1. The van der Waals surface area contributed by atoms with Gasteiger partial charge in [-0.1, -0.05) is 11.6 Å². The number of rotatable bonds is 1. The zero-order valence-corrected chi connectivity index (χ0v) is 13.2. The van der Waals surface area contributed by atoms with Crippen molar-refractivity contribution in [2.75, 3.05) is 13.1 Å². The Labute approximate surface area is 130 Å². The lowest BCUT2D eigenvalue weighted by Crippen LogP contribution is -2.45. The van der Waals surface area contributed by atoms with Crippen LogP contribution in [-0.4, -0.2) is 29.9 Å². The SMILES string of the molecule is Cl.N[C@H]1CCCN(C(=O)c2cc(Br)c(Cl)cc2F)C1. The fraction of sp³-hybridized carbons (Fsp3) is 0.417. The van der Waals surface area contributed by atoms with E-state index in [1.165, 1.54) is 6.07 Å². The molecule has 0 unspecified atom stereocenters. The number of halogens is 4. The summed E-state index contributed by atoms with van der Waals surface area (Å²) in [5.41, 5.74) is 5.84. The molecule has 0 bridgehead atoms. The molecule has 0 spiro atoms. The van der Waals surface area contributed by atoms with Gasteiger partial charge in [0, 0.05) is 23.6 Å². The molecule has 106 valence electrons. The lowest BCUT2D eigenvalue weighted by atomic mass is 10.1. The molecule has 1 heterocycles. The molecule has 2 rings (SSSR count). The highest BCUT2D eigenvalue weighted by molar-refractivity contribution is 9.10. The summed E-state index contributed by atoms with van der Waals surface area (Å²) in [5.74, 6) is -0.938. The first kappa shape index (κ1) is 16.7. The standard InChI is InChI=1S/C12H13BrClFN2O.ClH/c13-9-4-8(11(15)5-10(9)14)12(18)17-3-1-2-7(16)6-17;/h4-5,7H,1-3,6,16H2;1H/t7-;/m0./s1. The first-order valence-corrected chi connectivity index (χ1v) is 6.85. The van der Waals surface area contributed by atoms with Gasteiger partial charge < -0.3 is 10.6 Å². The molecule has 1 aromatic rings. The second kappa shape index (κ2) is 6.88. The average Bonchev–Trinajstić information content (AvgIpc) is 2.33. The van der Waals surface area contributed by atoms with Crippen LogP contribution < -0.4 is 5.73 Å². The second-order valence-corrected chi connectivity index (χ2v) is 5.66. The highest BCUT2D eigenvalue weighted by Gasteiger charge is 2.25. The van der Waals surface area contributed by atoms with Gasteiger partial charge in [0.2, 0.25) is 0 Å². The molecule has 1 fully saturated rings. The number of hydrogen-bond acceptors (Lipinski definition) is 2. The molecule has 1 aliphatic heterocycles. The number of carbonyl (C=O) groups is 1. The van der Waals surface area contributed by atoms with Crippen LogP contribution in [0.3, 0.4) is 0 Å². The third-order valence-corrected chi connectivity index (χ3v) is 4.18. The van der Waals surface area contributed by atoms with Crippen molar-refractivity contribution in [2.45, 2.75) is 18.9 Å². The molecule has 1 aliphatic rings. The molecule has 3 nitrogen and oxygen atoms in total. The van der Waals surface area contributed by atoms with Gasteiger partial charge in [0.1, 0.15) is 5.82 Å². The lowest BCUT2D eigenvalue weighted by molar-refractivity contribution is 0.0704. The molecule has 0 aliphatic carbocycles. The topological polar surface area (TPSA) is 46.3 Å². The summed E-state index contributed by atoms with van der Waals surface area (Å²) in [6.07, 6.45) is 1.75. The number of piperidine rings is 1. The molecule has 1 atom stereocenters. The van der Waals surface area contributed by atoms with Gasteiger partial charge >= 0.3 is 0 Å². The van der Waals surface area contributed by atoms with Crippen LogP contribution >= 0.6 is 39.9 Å². The molecule has 0 radical (unpaired) electrons. The van der Waals surface area contributed by atoms with Gasteiger partial charge in [-0.15, -0.1) is 12.4 Å². The maximum atomic E-state index is 13.7. The van der Waals surface area contributed by atoms with E-state index in [9.17, 15) is 9.18 Å². The van der Waals surface area contributed by atoms with Gasteiger partial charge in [0.15, 0.2) is 0 Å². The van der Waals surface area contributed by atoms with Gasteiger partial charge in [0.05, 0.1) is 10.6 Å². The van der Waals surface area contributed by atoms with Crippen LogP contribution in [-0.2, 0) is 0 Å². The van der Waals surface area contributed by atoms with E-state index in [4.69, 9.17) is 17.3 Å². The van der Waals surface area contributed by atoms with Crippen molar-refractivity contribution in [1.82, 2.24) is 4.90 Å². The smallest absolute Gasteiger partial charge is 0.256 e. The third kappa shape index (κ3) is 3.81. The number of likely N-dealkylation sites (tertiary alicyclic amines) is 1. The first-order chi connectivity index (χ1) is 8.49. The number of nitrogens with two attached hydrogens (primary N) is 1. The van der Waals surface area contributed by atoms with Crippen LogP contribution in [0.4, 0.5) is 4.39 Å². The molecule has 1 aromatic carbocycles. The van der Waals surface area contributed by atoms with Crippen LogP contribution in [0, 0.1) is 5.82 Å². The zero-order valence-electron chi connectivity index (χ0n) is 10.0. The van der Waals surface area contributed by atoms with E-state index in [0.29, 0.717) is 17.6 Å². The zero-order chi connectivity index (χ0) is 13.3. The molecule has 19 heavy (non-hydrogen) atoms. The largest absolute Gasteiger partial charge is 0.337 e. The van der Waals surface area contributed by atoms with E-state index in [0.717, 1.165) is 18.9 Å². The summed E-state index contributed by atoms with van der Waals surface area (Å²) in [4.78, 5) is 13.8. The van der Waals surface area contributed by atoms with E-state index in [1.54, 1.807) is 4.90 Å². The minimum Gasteiger partial charge on any atom is -0.337 e. The number of benzene rings is 1. The highest BCUT2D eigenvalue weighted by Crippen LogP contribution is 2.26. The summed E-state index contributed by atoms with van der Waals surface area (Å²) < 4.78 is 14.3. The van der Waals surface area contributed by atoms with Gasteiger partial charge in [-0.3, -0.25) is 4.79 Å². The molecule has 2 N–H and O–H groups in total. The van der Waals surface area contributed by atoms with Crippen LogP contribution in [0.1, 0.15) is 23.2 Å². The summed E-state index contributed by atoms with van der Waals surface area (Å²) in [5, 5.41) is 0.249. The van der Waals surface area contributed by atoms with Gasteiger partial charge in [-0.05, 0) is 40.9 Å². The fourth-order valence-electron chi connectivity index (χ4n) is 2.05. The average molecular weight is 372 g/mol. The molecule has 0 aromatic heterocycles. The van der Waals surface area contributed by atoms with E-state index < -0.39 is 5.82 Å². The highest BCUT2D eigenvalue weighted by atomic mass is 79.9. The second-order valence-electron chi connectivity index (χ2n) is 4.40. The third-order valence-electron chi connectivity index (χ3n) is 2.99. The number of hydrogen-bond donors (Lipinski definition) is 1. The molecule has 1 saturated heterocycles. The Morgan fingerprint density at radius 1 is 1.53 bits per heavy atom. The number of amides is 1. The van der Waals surface area contributed by atoms with Gasteiger partial charge in [-0.25, -0.2) is 4.39 Å². The summed E-state index contributed by atoms with van der Waals surface area (Å²) in [6.45, 7) is 1.09. The van der Waals surface area contributed by atoms with Gasteiger partial charge in [-0.2, -0.15) is 0 Å². The normalized spacial score (nSPS) is 18.9. The van der Waals surface area contributed by atoms with E-state index >= 15 is 0 Å². The minimum absolute atomic E-state index is 0. The Morgan fingerprint density at radius 3 is 2.84 bits per heavy atom. The monoisotopic (exact) mass is 370 g/mol. The van der Waals surface area contributed by atoms with Crippen molar-refractivity contribution in [3.05, 3.63) is 33.0 Å². The van der Waals surface area contributed by atoms with E-state index in [1.807, 2.05) is 0 Å². The molecular weight excluding hydrogens is 358 g/mol. The van der Waals surface area contributed by atoms with Crippen LogP contribution in [0.5, 0.6) is 0 Å². The van der Waals surface area contributed by atoms with E-state index in [2.05, 4.69) is 15.9 Å². The van der Waals surface area contributed by atoms with Crippen molar-refractivity contribution >= 4 is 45.8 Å². The first-order valence-electron chi connectivity index (χ1n) is 5.68. The Balaban J connectivity index is 0.00000180. The van der Waals surface area contributed by atoms with Crippen molar-refractivity contribution < 1.29 is 9.18 Å². The van der Waals surface area contributed by atoms with Crippen LogP contribution in [0.15, 0.2) is 16.6 Å². The maximum Gasteiger partial charge on any atom is 0.256 e. The maximum absolute atomic E-state index is 13.7. The fourth-order valence-corrected chi connectivity index (χ4v) is 2.54. The Morgan fingerprint density at radius 2 is 2.21 bits per heavy atom. The van der Waals surface area contributed by atoms with E-state index in [-0.39, 0.29) is 34.9 Å². The quantitative estimate of drug-likeness (QED) is 0.770. The van der Waals surface area contributed by atoms with Crippen molar-refractivity contribution in [2.24, 2.45) is 5.73 Å². The summed E-state index contributed by atoms with van der Waals surface area (Å²) >= 11 is 8.96.